The highest BCUT2D eigenvalue weighted by Gasteiger charge is 1.97. The molecular formula is C8H6ClNO. The SMILES string of the molecule is Oc1ccc2[nH]c(Cl)cc2c1. The fourth-order valence-electron chi connectivity index (χ4n) is 1.08. The van der Waals surface area contributed by atoms with Gasteiger partial charge in [-0.25, -0.2) is 0 Å². The van der Waals surface area contributed by atoms with Crippen LogP contribution in [0.1, 0.15) is 0 Å². The molecule has 0 aliphatic carbocycles. The van der Waals surface area contributed by atoms with Crippen LogP contribution in [0.2, 0.25) is 5.15 Å². The minimum Gasteiger partial charge on any atom is -0.508 e. The topological polar surface area (TPSA) is 36.0 Å². The van der Waals surface area contributed by atoms with E-state index in [0.717, 1.165) is 10.9 Å². The molecule has 56 valence electrons. The number of phenolic OH excluding ortho intramolecular Hbond substituents is 1. The number of rotatable bonds is 0. The van der Waals surface area contributed by atoms with Gasteiger partial charge in [-0.1, -0.05) is 11.6 Å². The molecule has 2 nitrogen and oxygen atoms in total. The lowest BCUT2D eigenvalue weighted by molar-refractivity contribution is 0.476. The summed E-state index contributed by atoms with van der Waals surface area (Å²) in [6.07, 6.45) is 0. The summed E-state index contributed by atoms with van der Waals surface area (Å²) in [6.45, 7) is 0. The van der Waals surface area contributed by atoms with Crippen LogP contribution in [0.4, 0.5) is 0 Å². The van der Waals surface area contributed by atoms with E-state index in [2.05, 4.69) is 4.98 Å². The third-order valence-corrected chi connectivity index (χ3v) is 1.78. The number of phenols is 1. The van der Waals surface area contributed by atoms with Gasteiger partial charge in [0.05, 0.1) is 0 Å². The maximum absolute atomic E-state index is 9.08. The molecule has 1 aromatic heterocycles. The summed E-state index contributed by atoms with van der Waals surface area (Å²) < 4.78 is 0. The number of aromatic nitrogens is 1. The Labute approximate surface area is 68.4 Å². The fourth-order valence-corrected chi connectivity index (χ4v) is 1.30. The number of nitrogens with one attached hydrogen (secondary N) is 1. The van der Waals surface area contributed by atoms with E-state index in [-0.39, 0.29) is 5.75 Å². The van der Waals surface area contributed by atoms with Crippen molar-refractivity contribution in [3.8, 4) is 5.75 Å². The van der Waals surface area contributed by atoms with Gasteiger partial charge in [-0.15, -0.1) is 0 Å². The third-order valence-electron chi connectivity index (χ3n) is 1.57. The number of aromatic hydroxyl groups is 1. The Balaban J connectivity index is 2.82. The zero-order valence-electron chi connectivity index (χ0n) is 5.63. The molecular weight excluding hydrogens is 162 g/mol. The maximum Gasteiger partial charge on any atom is 0.116 e. The largest absolute Gasteiger partial charge is 0.508 e. The monoisotopic (exact) mass is 167 g/mol. The van der Waals surface area contributed by atoms with Crippen LogP contribution < -0.4 is 0 Å². The van der Waals surface area contributed by atoms with Gasteiger partial charge in [-0.3, -0.25) is 0 Å². The van der Waals surface area contributed by atoms with Crippen LogP contribution in [-0.4, -0.2) is 10.1 Å². The molecule has 2 rings (SSSR count). The number of hydrogen-bond donors (Lipinski definition) is 2. The normalized spacial score (nSPS) is 10.6. The highest BCUT2D eigenvalue weighted by molar-refractivity contribution is 6.30. The Morgan fingerprint density at radius 1 is 1.27 bits per heavy atom. The van der Waals surface area contributed by atoms with Crippen molar-refractivity contribution in [1.82, 2.24) is 4.98 Å². The lowest BCUT2D eigenvalue weighted by atomic mass is 10.2. The van der Waals surface area contributed by atoms with Crippen LogP contribution >= 0.6 is 11.6 Å². The standard InChI is InChI=1S/C8H6ClNO/c9-8-4-5-3-6(11)1-2-7(5)10-8/h1-4,10-11H. The predicted octanol–water partition coefficient (Wildman–Crippen LogP) is 2.53. The fraction of sp³-hybridized carbons (Fsp3) is 0. The highest BCUT2D eigenvalue weighted by Crippen LogP contribution is 2.22. The first-order valence-corrected chi connectivity index (χ1v) is 3.61. The quantitative estimate of drug-likeness (QED) is 0.622. The summed E-state index contributed by atoms with van der Waals surface area (Å²) >= 11 is 5.70. The van der Waals surface area contributed by atoms with Crippen molar-refractivity contribution in [1.29, 1.82) is 0 Å². The smallest absolute Gasteiger partial charge is 0.116 e. The van der Waals surface area contributed by atoms with E-state index < -0.39 is 0 Å². The molecule has 3 heteroatoms. The molecule has 2 N–H and O–H groups in total. The molecule has 2 aromatic rings. The van der Waals surface area contributed by atoms with E-state index in [1.807, 2.05) is 0 Å². The number of halogens is 1. The van der Waals surface area contributed by atoms with E-state index >= 15 is 0 Å². The highest BCUT2D eigenvalue weighted by atomic mass is 35.5. The molecule has 0 aliphatic heterocycles. The zero-order valence-corrected chi connectivity index (χ0v) is 6.39. The Kier molecular flexibility index (Phi) is 1.29. The van der Waals surface area contributed by atoms with E-state index in [9.17, 15) is 0 Å². The second-order valence-electron chi connectivity index (χ2n) is 2.39. The molecule has 11 heavy (non-hydrogen) atoms. The molecule has 0 bridgehead atoms. The van der Waals surface area contributed by atoms with Crippen molar-refractivity contribution in [3.63, 3.8) is 0 Å². The summed E-state index contributed by atoms with van der Waals surface area (Å²) in [5.41, 5.74) is 0.938. The van der Waals surface area contributed by atoms with E-state index in [0.29, 0.717) is 5.15 Å². The molecule has 0 saturated heterocycles. The zero-order chi connectivity index (χ0) is 7.84. The van der Waals surface area contributed by atoms with Crippen molar-refractivity contribution < 1.29 is 5.11 Å². The van der Waals surface area contributed by atoms with Crippen molar-refractivity contribution in [3.05, 3.63) is 29.4 Å². The second kappa shape index (κ2) is 2.17. The van der Waals surface area contributed by atoms with Crippen LogP contribution in [0, 0.1) is 0 Å². The van der Waals surface area contributed by atoms with Gasteiger partial charge in [0.2, 0.25) is 0 Å². The van der Waals surface area contributed by atoms with E-state index in [1.54, 1.807) is 24.3 Å². The second-order valence-corrected chi connectivity index (χ2v) is 2.80. The van der Waals surface area contributed by atoms with Crippen LogP contribution in [-0.2, 0) is 0 Å². The lowest BCUT2D eigenvalue weighted by Crippen LogP contribution is -1.66. The number of fused-ring (bicyclic) bond motifs is 1. The summed E-state index contributed by atoms with van der Waals surface area (Å²) in [7, 11) is 0. The van der Waals surface area contributed by atoms with Crippen molar-refractivity contribution in [2.75, 3.05) is 0 Å². The predicted molar refractivity (Wildman–Crippen MR) is 45.0 cm³/mol. The number of hydrogen-bond acceptors (Lipinski definition) is 1. The van der Waals surface area contributed by atoms with Gasteiger partial charge in [0.25, 0.3) is 0 Å². The molecule has 0 radical (unpaired) electrons. The molecule has 0 spiro atoms. The Morgan fingerprint density at radius 3 is 2.91 bits per heavy atom. The van der Waals surface area contributed by atoms with Gasteiger partial charge in [0.1, 0.15) is 10.9 Å². The maximum atomic E-state index is 9.08. The molecule has 0 atom stereocenters. The number of aromatic amines is 1. The minimum absolute atomic E-state index is 0.258. The first-order valence-electron chi connectivity index (χ1n) is 3.23. The van der Waals surface area contributed by atoms with Gasteiger partial charge < -0.3 is 10.1 Å². The minimum atomic E-state index is 0.258. The molecule has 1 heterocycles. The first kappa shape index (κ1) is 6.55. The van der Waals surface area contributed by atoms with Gasteiger partial charge in [0.15, 0.2) is 0 Å². The Bertz CT molecular complexity index is 394. The third kappa shape index (κ3) is 1.05. The van der Waals surface area contributed by atoms with Gasteiger partial charge in [-0.2, -0.15) is 0 Å². The summed E-state index contributed by atoms with van der Waals surface area (Å²) in [5.74, 6) is 0.258. The van der Waals surface area contributed by atoms with E-state index in [4.69, 9.17) is 16.7 Å². The van der Waals surface area contributed by atoms with Crippen molar-refractivity contribution in [2.24, 2.45) is 0 Å². The first-order chi connectivity index (χ1) is 5.25. The van der Waals surface area contributed by atoms with Crippen LogP contribution in [0.25, 0.3) is 10.9 Å². The van der Waals surface area contributed by atoms with Crippen LogP contribution in [0.5, 0.6) is 5.75 Å². The molecule has 0 aliphatic rings. The average molecular weight is 168 g/mol. The molecule has 0 unspecified atom stereocenters. The summed E-state index contributed by atoms with van der Waals surface area (Å²) in [6, 6.07) is 6.85. The van der Waals surface area contributed by atoms with Gasteiger partial charge in [-0.05, 0) is 24.3 Å². The van der Waals surface area contributed by atoms with Crippen LogP contribution in [0.3, 0.4) is 0 Å². The van der Waals surface area contributed by atoms with Gasteiger partial charge in [0, 0.05) is 10.9 Å². The van der Waals surface area contributed by atoms with Crippen molar-refractivity contribution >= 4 is 22.5 Å². The van der Waals surface area contributed by atoms with Gasteiger partial charge >= 0.3 is 0 Å². The molecule has 0 fully saturated rings. The number of benzene rings is 1. The lowest BCUT2D eigenvalue weighted by Gasteiger charge is -1.89. The Morgan fingerprint density at radius 2 is 2.09 bits per heavy atom. The summed E-state index contributed by atoms with van der Waals surface area (Å²) in [4.78, 5) is 2.94. The number of H-pyrrole nitrogens is 1. The van der Waals surface area contributed by atoms with E-state index in [1.165, 1.54) is 0 Å². The molecule has 0 saturated carbocycles. The molecule has 0 amide bonds. The average Bonchev–Trinajstić information content (AvgIpc) is 2.27. The van der Waals surface area contributed by atoms with Crippen molar-refractivity contribution in [2.45, 2.75) is 0 Å². The molecule has 1 aromatic carbocycles. The van der Waals surface area contributed by atoms with Crippen LogP contribution in [0.15, 0.2) is 24.3 Å². The summed E-state index contributed by atoms with van der Waals surface area (Å²) in [5, 5.41) is 10.6. The Hall–Kier alpha value is -1.15.